The number of furan rings is 1. The lowest BCUT2D eigenvalue weighted by molar-refractivity contribution is 0.412. The van der Waals surface area contributed by atoms with Gasteiger partial charge >= 0.3 is 0 Å². The maximum atomic E-state index is 9.41. The first-order valence-corrected chi connectivity index (χ1v) is 5.68. The van der Waals surface area contributed by atoms with E-state index >= 15 is 0 Å². The van der Waals surface area contributed by atoms with E-state index in [1.54, 1.807) is 36.4 Å². The Balaban J connectivity index is 1.95. The molecular weight excluding hydrogens is 246 g/mol. The molecular formula is C13H11N3O3. The van der Waals surface area contributed by atoms with Crippen LogP contribution in [0.25, 0.3) is 23.0 Å². The van der Waals surface area contributed by atoms with Gasteiger partial charge in [0.1, 0.15) is 11.5 Å². The molecule has 0 radical (unpaired) electrons. The molecule has 6 heteroatoms. The molecule has 0 atom stereocenters. The second-order valence-electron chi connectivity index (χ2n) is 3.94. The van der Waals surface area contributed by atoms with Crippen LogP contribution in [0.3, 0.4) is 0 Å². The molecule has 3 N–H and O–H groups in total. The van der Waals surface area contributed by atoms with Gasteiger partial charge in [-0.25, -0.2) is 0 Å². The normalized spacial score (nSPS) is 10.8. The summed E-state index contributed by atoms with van der Waals surface area (Å²) in [5.41, 5.74) is 6.13. The molecule has 6 nitrogen and oxygen atoms in total. The van der Waals surface area contributed by atoms with Crippen molar-refractivity contribution in [1.82, 2.24) is 10.1 Å². The lowest BCUT2D eigenvalue weighted by Crippen LogP contribution is -1.92. The molecule has 1 aromatic carbocycles. The van der Waals surface area contributed by atoms with Crippen LogP contribution in [0.15, 0.2) is 45.3 Å². The number of hydrogen-bond acceptors (Lipinski definition) is 6. The standard InChI is InChI=1S/C13H11N3O3/c14-7-10-4-5-11(18-10)13-15-12(16-19-13)8-2-1-3-9(17)6-8/h1-6,17H,7,14H2. The molecule has 96 valence electrons. The Bertz CT molecular complexity index is 702. The van der Waals surface area contributed by atoms with Crippen LogP contribution in [0.1, 0.15) is 5.76 Å². The van der Waals surface area contributed by atoms with E-state index in [0.29, 0.717) is 29.5 Å². The monoisotopic (exact) mass is 257 g/mol. The van der Waals surface area contributed by atoms with Gasteiger partial charge in [0.15, 0.2) is 5.76 Å². The maximum Gasteiger partial charge on any atom is 0.293 e. The Kier molecular flexibility index (Phi) is 2.77. The van der Waals surface area contributed by atoms with Gasteiger partial charge in [-0.3, -0.25) is 0 Å². The molecule has 0 fully saturated rings. The summed E-state index contributed by atoms with van der Waals surface area (Å²) in [5, 5.41) is 13.3. The van der Waals surface area contributed by atoms with Crippen molar-refractivity contribution in [2.75, 3.05) is 0 Å². The van der Waals surface area contributed by atoms with Crippen LogP contribution in [0.5, 0.6) is 5.75 Å². The summed E-state index contributed by atoms with van der Waals surface area (Å²) in [5.74, 6) is 1.92. The van der Waals surface area contributed by atoms with E-state index in [4.69, 9.17) is 14.7 Å². The van der Waals surface area contributed by atoms with Gasteiger partial charge in [-0.15, -0.1) is 0 Å². The molecule has 0 aliphatic rings. The van der Waals surface area contributed by atoms with Crippen molar-refractivity contribution in [1.29, 1.82) is 0 Å². The van der Waals surface area contributed by atoms with Crippen molar-refractivity contribution in [2.45, 2.75) is 6.54 Å². The highest BCUT2D eigenvalue weighted by Gasteiger charge is 2.14. The van der Waals surface area contributed by atoms with Gasteiger partial charge in [0.25, 0.3) is 5.89 Å². The molecule has 0 saturated carbocycles. The van der Waals surface area contributed by atoms with Gasteiger partial charge < -0.3 is 19.8 Å². The third-order valence-corrected chi connectivity index (χ3v) is 2.60. The lowest BCUT2D eigenvalue weighted by Gasteiger charge is -1.94. The van der Waals surface area contributed by atoms with Gasteiger partial charge in [0.2, 0.25) is 5.82 Å². The van der Waals surface area contributed by atoms with Crippen LogP contribution in [0, 0.1) is 0 Å². The van der Waals surface area contributed by atoms with Gasteiger partial charge in [0, 0.05) is 5.56 Å². The largest absolute Gasteiger partial charge is 0.508 e. The molecule has 0 amide bonds. The Hall–Kier alpha value is -2.60. The van der Waals surface area contributed by atoms with E-state index in [9.17, 15) is 5.11 Å². The molecule has 0 aliphatic heterocycles. The van der Waals surface area contributed by atoms with Crippen LogP contribution >= 0.6 is 0 Å². The van der Waals surface area contributed by atoms with E-state index in [-0.39, 0.29) is 11.6 Å². The predicted molar refractivity (Wildman–Crippen MR) is 67.0 cm³/mol. The molecule has 0 bridgehead atoms. The predicted octanol–water partition coefficient (Wildman–Crippen LogP) is 2.16. The zero-order valence-corrected chi connectivity index (χ0v) is 9.91. The summed E-state index contributed by atoms with van der Waals surface area (Å²) in [6.45, 7) is 0.313. The summed E-state index contributed by atoms with van der Waals surface area (Å²) in [6.07, 6.45) is 0. The molecule has 2 aromatic heterocycles. The van der Waals surface area contributed by atoms with Crippen molar-refractivity contribution < 1.29 is 14.0 Å². The Labute approximate surface area is 108 Å². The number of rotatable bonds is 3. The first kappa shape index (κ1) is 11.5. The summed E-state index contributed by atoms with van der Waals surface area (Å²) >= 11 is 0. The van der Waals surface area contributed by atoms with Crippen LogP contribution in [-0.4, -0.2) is 15.2 Å². The Morgan fingerprint density at radius 1 is 1.21 bits per heavy atom. The topological polar surface area (TPSA) is 98.3 Å². The minimum Gasteiger partial charge on any atom is -0.508 e. The zero-order valence-electron chi connectivity index (χ0n) is 9.91. The number of phenols is 1. The van der Waals surface area contributed by atoms with Gasteiger partial charge in [-0.1, -0.05) is 17.3 Å². The molecule has 0 unspecified atom stereocenters. The third-order valence-electron chi connectivity index (χ3n) is 2.60. The molecule has 3 rings (SSSR count). The maximum absolute atomic E-state index is 9.41. The number of nitrogens with zero attached hydrogens (tertiary/aromatic N) is 2. The minimum absolute atomic E-state index is 0.146. The van der Waals surface area contributed by atoms with Crippen LogP contribution < -0.4 is 5.73 Å². The number of hydrogen-bond donors (Lipinski definition) is 2. The van der Waals surface area contributed by atoms with E-state index in [2.05, 4.69) is 10.1 Å². The quantitative estimate of drug-likeness (QED) is 0.746. The van der Waals surface area contributed by atoms with Crippen molar-refractivity contribution in [3.63, 3.8) is 0 Å². The number of benzene rings is 1. The van der Waals surface area contributed by atoms with E-state index in [1.165, 1.54) is 0 Å². The van der Waals surface area contributed by atoms with Crippen LogP contribution in [-0.2, 0) is 6.54 Å². The SMILES string of the molecule is NCc1ccc(-c2nc(-c3cccc(O)c3)no2)o1. The molecule has 0 saturated heterocycles. The molecule has 3 aromatic rings. The average molecular weight is 257 g/mol. The van der Waals surface area contributed by atoms with Gasteiger partial charge in [0.05, 0.1) is 6.54 Å². The van der Waals surface area contributed by atoms with Crippen molar-refractivity contribution in [3.8, 4) is 28.8 Å². The second kappa shape index (κ2) is 4.58. The second-order valence-corrected chi connectivity index (χ2v) is 3.94. The summed E-state index contributed by atoms with van der Waals surface area (Å²) in [6, 6.07) is 10.1. The highest BCUT2D eigenvalue weighted by molar-refractivity contribution is 5.59. The highest BCUT2D eigenvalue weighted by atomic mass is 16.5. The van der Waals surface area contributed by atoms with E-state index < -0.39 is 0 Å². The van der Waals surface area contributed by atoms with Crippen LogP contribution in [0.2, 0.25) is 0 Å². The Morgan fingerprint density at radius 3 is 2.84 bits per heavy atom. The van der Waals surface area contributed by atoms with Crippen molar-refractivity contribution in [2.24, 2.45) is 5.73 Å². The van der Waals surface area contributed by atoms with Crippen molar-refractivity contribution in [3.05, 3.63) is 42.2 Å². The van der Waals surface area contributed by atoms with Crippen molar-refractivity contribution >= 4 is 0 Å². The zero-order chi connectivity index (χ0) is 13.2. The number of phenolic OH excluding ortho intramolecular Hbond substituents is 1. The average Bonchev–Trinajstić information content (AvgIpc) is 3.07. The lowest BCUT2D eigenvalue weighted by atomic mass is 10.2. The fourth-order valence-corrected chi connectivity index (χ4v) is 1.69. The number of aromatic nitrogens is 2. The minimum atomic E-state index is 0.146. The first-order valence-electron chi connectivity index (χ1n) is 5.68. The fraction of sp³-hybridized carbons (Fsp3) is 0.0769. The first-order chi connectivity index (χ1) is 9.26. The summed E-state index contributed by atoms with van der Waals surface area (Å²) < 4.78 is 10.5. The molecule has 19 heavy (non-hydrogen) atoms. The Morgan fingerprint density at radius 2 is 2.11 bits per heavy atom. The van der Waals surface area contributed by atoms with Crippen LogP contribution in [0.4, 0.5) is 0 Å². The number of nitrogens with two attached hydrogens (primary N) is 1. The summed E-state index contributed by atoms with van der Waals surface area (Å²) in [4.78, 5) is 4.22. The smallest absolute Gasteiger partial charge is 0.293 e. The summed E-state index contributed by atoms with van der Waals surface area (Å²) in [7, 11) is 0. The van der Waals surface area contributed by atoms with Gasteiger partial charge in [-0.2, -0.15) is 4.98 Å². The number of aromatic hydroxyl groups is 1. The van der Waals surface area contributed by atoms with Gasteiger partial charge in [-0.05, 0) is 24.3 Å². The van der Waals surface area contributed by atoms with E-state index in [1.807, 2.05) is 0 Å². The fourth-order valence-electron chi connectivity index (χ4n) is 1.69. The molecule has 0 aliphatic carbocycles. The molecule has 0 spiro atoms. The van der Waals surface area contributed by atoms with E-state index in [0.717, 1.165) is 0 Å². The third kappa shape index (κ3) is 2.21. The highest BCUT2D eigenvalue weighted by Crippen LogP contribution is 2.25. The molecule has 2 heterocycles.